The third kappa shape index (κ3) is 7.02. The third-order valence-electron chi connectivity index (χ3n) is 3.21. The van der Waals surface area contributed by atoms with Crippen LogP contribution in [0.4, 0.5) is 19.0 Å². The van der Waals surface area contributed by atoms with Gasteiger partial charge in [-0.1, -0.05) is 19.6 Å². The Morgan fingerprint density at radius 3 is 2.52 bits per heavy atom. The third-order valence-corrected chi connectivity index (χ3v) is 7.66. The molecule has 0 saturated carbocycles. The lowest BCUT2D eigenvalue weighted by Crippen LogP contribution is -2.37. The molecule has 0 saturated heterocycles. The molecule has 144 valence electrons. The maximum atomic E-state index is 14.3. The van der Waals surface area contributed by atoms with Gasteiger partial charge in [-0.25, -0.2) is 26.5 Å². The first-order chi connectivity index (χ1) is 11.5. The monoisotopic (exact) mass is 510 g/mol. The summed E-state index contributed by atoms with van der Waals surface area (Å²) in [5.74, 6) is -3.03. The van der Waals surface area contributed by atoms with E-state index in [9.17, 15) is 21.6 Å². The fourth-order valence-corrected chi connectivity index (χ4v) is 4.21. The highest BCUT2D eigenvalue weighted by atomic mass is 127. The van der Waals surface area contributed by atoms with Crippen molar-refractivity contribution in [1.82, 2.24) is 4.98 Å². The van der Waals surface area contributed by atoms with E-state index in [0.717, 1.165) is 12.2 Å². The van der Waals surface area contributed by atoms with Crippen LogP contribution in [-0.2, 0) is 14.8 Å². The number of sulfonamides is 1. The lowest BCUT2D eigenvalue weighted by molar-refractivity contribution is 0.155. The molecule has 1 aromatic rings. The maximum Gasteiger partial charge on any atom is 0.238 e. The molecule has 0 fully saturated rings. The van der Waals surface area contributed by atoms with Gasteiger partial charge in [0.1, 0.15) is 6.73 Å². The Hall–Kier alpha value is -0.403. The summed E-state index contributed by atoms with van der Waals surface area (Å²) in [5, 5.41) is 0. The molecule has 0 radical (unpaired) electrons. The van der Waals surface area contributed by atoms with Crippen LogP contribution in [0, 0.1) is 15.2 Å². The van der Waals surface area contributed by atoms with E-state index in [0.29, 0.717) is 10.9 Å². The van der Waals surface area contributed by atoms with Gasteiger partial charge in [0.15, 0.2) is 17.5 Å². The van der Waals surface area contributed by atoms with Crippen molar-refractivity contribution in [3.8, 4) is 0 Å². The standard InChI is InChI=1S/C14H22F3IN2O3SSi/c1-25(2,3)8-6-23-10-20(24(21,22)7-4-5-15)14-12(17)13(18)11(16)9-19-14/h9H,4-8,10H2,1-3H3. The quantitative estimate of drug-likeness (QED) is 0.208. The Morgan fingerprint density at radius 1 is 1.32 bits per heavy atom. The van der Waals surface area contributed by atoms with Crippen molar-refractivity contribution in [2.45, 2.75) is 32.1 Å². The lowest BCUT2D eigenvalue weighted by atomic mass is 10.4. The minimum Gasteiger partial charge on any atom is -0.360 e. The number of halogens is 4. The molecule has 25 heavy (non-hydrogen) atoms. The number of aromatic nitrogens is 1. The fraction of sp³-hybridized carbons (Fsp3) is 0.643. The number of hydrogen-bond donors (Lipinski definition) is 0. The van der Waals surface area contributed by atoms with Gasteiger partial charge in [0.25, 0.3) is 0 Å². The molecular formula is C14H22F3IN2O3SSi. The summed E-state index contributed by atoms with van der Waals surface area (Å²) in [6.45, 7) is 5.44. The van der Waals surface area contributed by atoms with Gasteiger partial charge >= 0.3 is 0 Å². The summed E-state index contributed by atoms with van der Waals surface area (Å²) in [6.07, 6.45) is 0.521. The molecule has 1 rings (SSSR count). The molecule has 0 amide bonds. The van der Waals surface area contributed by atoms with Crippen LogP contribution in [0.2, 0.25) is 25.7 Å². The van der Waals surface area contributed by atoms with Gasteiger partial charge < -0.3 is 4.74 Å². The molecule has 0 atom stereocenters. The van der Waals surface area contributed by atoms with Crippen LogP contribution >= 0.6 is 22.6 Å². The van der Waals surface area contributed by atoms with Crippen molar-refractivity contribution >= 4 is 46.5 Å². The maximum absolute atomic E-state index is 14.3. The van der Waals surface area contributed by atoms with E-state index < -0.39 is 54.7 Å². The predicted octanol–water partition coefficient (Wildman–Crippen LogP) is 3.77. The Labute approximate surface area is 161 Å². The van der Waals surface area contributed by atoms with Gasteiger partial charge in [-0.15, -0.1) is 0 Å². The van der Waals surface area contributed by atoms with E-state index in [1.54, 1.807) is 0 Å². The number of nitrogens with zero attached hydrogens (tertiary/aromatic N) is 2. The van der Waals surface area contributed by atoms with E-state index >= 15 is 0 Å². The van der Waals surface area contributed by atoms with Crippen LogP contribution in [0.1, 0.15) is 6.42 Å². The first kappa shape index (κ1) is 22.6. The summed E-state index contributed by atoms with van der Waals surface area (Å²) in [5.41, 5.74) is 0. The van der Waals surface area contributed by atoms with Crippen LogP contribution in [-0.4, -0.2) is 47.2 Å². The number of rotatable bonds is 10. The van der Waals surface area contributed by atoms with Crippen molar-refractivity contribution < 1.29 is 26.3 Å². The number of anilines is 1. The molecule has 0 aliphatic rings. The lowest BCUT2D eigenvalue weighted by Gasteiger charge is -2.24. The van der Waals surface area contributed by atoms with Crippen LogP contribution in [0.25, 0.3) is 0 Å². The Balaban J connectivity index is 3.06. The second-order valence-electron chi connectivity index (χ2n) is 6.61. The van der Waals surface area contributed by atoms with Crippen molar-refractivity contribution in [3.05, 3.63) is 21.4 Å². The minimum atomic E-state index is -4.05. The van der Waals surface area contributed by atoms with Crippen molar-refractivity contribution in [3.63, 3.8) is 0 Å². The molecular weight excluding hydrogens is 488 g/mol. The molecule has 1 aromatic heterocycles. The summed E-state index contributed by atoms with van der Waals surface area (Å²) in [4.78, 5) is 3.57. The Morgan fingerprint density at radius 2 is 1.96 bits per heavy atom. The van der Waals surface area contributed by atoms with E-state index in [-0.39, 0.29) is 9.99 Å². The normalized spacial score (nSPS) is 12.4. The first-order valence-corrected chi connectivity index (χ1v) is 14.0. The van der Waals surface area contributed by atoms with Gasteiger partial charge in [0.2, 0.25) is 10.0 Å². The molecule has 1 heterocycles. The summed E-state index contributed by atoms with van der Waals surface area (Å²) < 4.78 is 70.6. The van der Waals surface area contributed by atoms with Crippen molar-refractivity contribution in [2.24, 2.45) is 0 Å². The summed E-state index contributed by atoms with van der Waals surface area (Å²) in [6, 6.07) is 0.794. The van der Waals surface area contributed by atoms with E-state index in [4.69, 9.17) is 4.74 Å². The average Bonchev–Trinajstić information content (AvgIpc) is 2.51. The Kier molecular flexibility index (Phi) is 8.61. The van der Waals surface area contributed by atoms with Gasteiger partial charge in [-0.3, -0.25) is 4.39 Å². The topological polar surface area (TPSA) is 59.5 Å². The van der Waals surface area contributed by atoms with Crippen molar-refractivity contribution in [2.75, 3.05) is 30.1 Å². The predicted molar refractivity (Wildman–Crippen MR) is 103 cm³/mol. The highest BCUT2D eigenvalue weighted by Crippen LogP contribution is 2.26. The van der Waals surface area contributed by atoms with E-state index in [1.807, 2.05) is 0 Å². The summed E-state index contributed by atoms with van der Waals surface area (Å²) in [7, 11) is -5.44. The molecule has 0 spiro atoms. The largest absolute Gasteiger partial charge is 0.360 e. The zero-order valence-electron chi connectivity index (χ0n) is 14.4. The second kappa shape index (κ2) is 9.51. The van der Waals surface area contributed by atoms with Crippen LogP contribution in [0.5, 0.6) is 0 Å². The number of hydrogen-bond acceptors (Lipinski definition) is 4. The average molecular weight is 510 g/mol. The summed E-state index contributed by atoms with van der Waals surface area (Å²) >= 11 is 1.43. The number of alkyl halides is 1. The van der Waals surface area contributed by atoms with Gasteiger partial charge in [0, 0.05) is 14.7 Å². The number of pyridine rings is 1. The Bertz CT molecular complexity index is 687. The molecule has 5 nitrogen and oxygen atoms in total. The molecule has 11 heteroatoms. The highest BCUT2D eigenvalue weighted by Gasteiger charge is 2.28. The SMILES string of the molecule is C[Si](C)(C)CCOCN(c1ncc(F)c(I)c1F)S(=O)(=O)CCCF. The minimum absolute atomic E-state index is 0.229. The van der Waals surface area contributed by atoms with E-state index in [2.05, 4.69) is 24.6 Å². The van der Waals surface area contributed by atoms with Gasteiger partial charge in [-0.05, 0) is 35.1 Å². The van der Waals surface area contributed by atoms with Crippen LogP contribution in [0.3, 0.4) is 0 Å². The first-order valence-electron chi connectivity index (χ1n) is 7.63. The highest BCUT2D eigenvalue weighted by molar-refractivity contribution is 14.1. The van der Waals surface area contributed by atoms with Crippen molar-refractivity contribution in [1.29, 1.82) is 0 Å². The smallest absolute Gasteiger partial charge is 0.238 e. The molecule has 0 N–H and O–H groups in total. The zero-order valence-corrected chi connectivity index (χ0v) is 18.3. The molecule has 0 unspecified atom stereocenters. The molecule has 0 aliphatic heterocycles. The fourth-order valence-electron chi connectivity index (χ4n) is 1.75. The molecule has 0 bridgehead atoms. The van der Waals surface area contributed by atoms with Crippen LogP contribution in [0.15, 0.2) is 6.20 Å². The molecule has 0 aliphatic carbocycles. The van der Waals surface area contributed by atoms with Gasteiger partial charge in [0.05, 0.1) is 22.2 Å². The van der Waals surface area contributed by atoms with E-state index in [1.165, 1.54) is 22.6 Å². The zero-order chi connectivity index (χ0) is 19.3. The molecule has 0 aromatic carbocycles. The van der Waals surface area contributed by atoms with Crippen LogP contribution < -0.4 is 4.31 Å². The second-order valence-corrected chi connectivity index (χ2v) is 15.3. The number of ether oxygens (including phenoxy) is 1. The van der Waals surface area contributed by atoms with Gasteiger partial charge in [-0.2, -0.15) is 0 Å².